The number of aromatic nitrogens is 3. The van der Waals surface area contributed by atoms with Crippen molar-refractivity contribution >= 4 is 28.5 Å². The van der Waals surface area contributed by atoms with Gasteiger partial charge in [-0.1, -0.05) is 18.2 Å². The molecular weight excluding hydrogens is 592 g/mol. The third kappa shape index (κ3) is 6.55. The maximum absolute atomic E-state index is 13.8. The summed E-state index contributed by atoms with van der Waals surface area (Å²) in [6, 6.07) is 21.2. The number of amides is 2. The first kappa shape index (κ1) is 31.8. The first-order valence-corrected chi connectivity index (χ1v) is 16.1. The third-order valence-corrected chi connectivity index (χ3v) is 9.15. The van der Waals surface area contributed by atoms with Gasteiger partial charge in [-0.05, 0) is 82.2 Å². The SMILES string of the molecule is CCN1CCN(C(C)(C)/C=C(\C#N)C(=O)N2CCC[C@@H](n3nc(-c4ccc(Oc5ccccc5)cc4)c4c(N)nccc43)C2)CC1=O. The van der Waals surface area contributed by atoms with Gasteiger partial charge in [0.2, 0.25) is 5.91 Å². The Morgan fingerprint density at radius 1 is 1.09 bits per heavy atom. The maximum Gasteiger partial charge on any atom is 0.264 e. The van der Waals surface area contributed by atoms with Crippen molar-refractivity contribution in [3.8, 4) is 28.8 Å². The summed E-state index contributed by atoms with van der Waals surface area (Å²) in [6.45, 7) is 9.03. The molecule has 0 unspecified atom stereocenters. The number of fused-ring (bicyclic) bond motifs is 1. The van der Waals surface area contributed by atoms with Crippen LogP contribution in [0.2, 0.25) is 0 Å². The lowest BCUT2D eigenvalue weighted by atomic mass is 9.96. The molecule has 0 spiro atoms. The van der Waals surface area contributed by atoms with Gasteiger partial charge >= 0.3 is 0 Å². The summed E-state index contributed by atoms with van der Waals surface area (Å²) in [5, 5.41) is 15.9. The van der Waals surface area contributed by atoms with E-state index in [1.54, 1.807) is 17.2 Å². The van der Waals surface area contributed by atoms with Gasteiger partial charge in [0.05, 0.1) is 23.5 Å². The molecule has 2 amide bonds. The van der Waals surface area contributed by atoms with Crippen molar-refractivity contribution in [3.05, 3.63) is 78.5 Å². The zero-order valence-electron chi connectivity index (χ0n) is 27.1. The van der Waals surface area contributed by atoms with Crippen molar-refractivity contribution in [2.45, 2.75) is 45.2 Å². The number of hydrogen-bond donors (Lipinski definition) is 1. The second-order valence-electron chi connectivity index (χ2n) is 12.6. The molecule has 2 aromatic heterocycles. The molecule has 4 aromatic rings. The highest BCUT2D eigenvalue weighted by Crippen LogP contribution is 2.36. The molecule has 11 nitrogen and oxygen atoms in total. The van der Waals surface area contributed by atoms with Crippen LogP contribution in [0.25, 0.3) is 22.2 Å². The number of nitrogens with zero attached hydrogens (tertiary/aromatic N) is 7. The molecule has 0 saturated carbocycles. The Kier molecular flexibility index (Phi) is 8.96. The number of anilines is 1. The Bertz CT molecular complexity index is 1840. The van der Waals surface area contributed by atoms with E-state index in [0.717, 1.165) is 35.1 Å². The molecule has 2 aliphatic heterocycles. The average Bonchev–Trinajstić information content (AvgIpc) is 3.49. The number of likely N-dealkylation sites (tertiary alicyclic amines) is 1. The summed E-state index contributed by atoms with van der Waals surface area (Å²) in [5.41, 5.74) is 8.27. The minimum atomic E-state index is -0.648. The van der Waals surface area contributed by atoms with E-state index in [4.69, 9.17) is 15.6 Å². The normalized spacial score (nSPS) is 18.0. The van der Waals surface area contributed by atoms with E-state index in [0.29, 0.717) is 50.0 Å². The molecule has 6 rings (SSSR count). The van der Waals surface area contributed by atoms with Crippen LogP contribution in [0.4, 0.5) is 5.82 Å². The van der Waals surface area contributed by atoms with E-state index < -0.39 is 5.54 Å². The molecular formula is C36H40N8O3. The molecule has 242 valence electrons. The highest BCUT2D eigenvalue weighted by atomic mass is 16.5. The number of para-hydroxylation sites is 1. The fraction of sp³-hybridized carbons (Fsp3) is 0.361. The van der Waals surface area contributed by atoms with Crippen molar-refractivity contribution < 1.29 is 14.3 Å². The van der Waals surface area contributed by atoms with Gasteiger partial charge in [0.1, 0.15) is 34.7 Å². The summed E-state index contributed by atoms with van der Waals surface area (Å²) in [7, 11) is 0. The molecule has 1 atom stereocenters. The van der Waals surface area contributed by atoms with Gasteiger partial charge in [0, 0.05) is 50.0 Å². The zero-order valence-corrected chi connectivity index (χ0v) is 27.1. The van der Waals surface area contributed by atoms with Crippen molar-refractivity contribution in [1.29, 1.82) is 5.26 Å². The van der Waals surface area contributed by atoms with Crippen LogP contribution in [-0.4, -0.2) is 86.1 Å². The fourth-order valence-corrected chi connectivity index (χ4v) is 6.53. The number of nitrogens with two attached hydrogens (primary N) is 1. The molecule has 0 bridgehead atoms. The zero-order chi connectivity index (χ0) is 33.1. The first-order valence-electron chi connectivity index (χ1n) is 16.1. The number of nitriles is 1. The topological polar surface area (TPSA) is 134 Å². The monoisotopic (exact) mass is 632 g/mol. The van der Waals surface area contributed by atoms with Gasteiger partial charge in [-0.15, -0.1) is 0 Å². The van der Waals surface area contributed by atoms with Crippen LogP contribution in [0.15, 0.2) is 78.5 Å². The van der Waals surface area contributed by atoms with Crippen LogP contribution in [0.1, 0.15) is 39.7 Å². The highest BCUT2D eigenvalue weighted by molar-refractivity contribution is 6.00. The molecule has 11 heteroatoms. The van der Waals surface area contributed by atoms with Crippen LogP contribution in [-0.2, 0) is 9.59 Å². The number of benzene rings is 2. The van der Waals surface area contributed by atoms with Gasteiger partial charge in [-0.25, -0.2) is 4.98 Å². The number of hydrogen-bond acceptors (Lipinski definition) is 8. The van der Waals surface area contributed by atoms with E-state index in [1.165, 1.54) is 0 Å². The second kappa shape index (κ2) is 13.3. The van der Waals surface area contributed by atoms with Gasteiger partial charge in [0.25, 0.3) is 5.91 Å². The molecule has 2 N–H and O–H groups in total. The Balaban J connectivity index is 1.24. The lowest BCUT2D eigenvalue weighted by Gasteiger charge is -2.42. The Hall–Kier alpha value is -5.21. The van der Waals surface area contributed by atoms with Crippen LogP contribution in [0.3, 0.4) is 0 Å². The van der Waals surface area contributed by atoms with Crippen LogP contribution in [0, 0.1) is 11.3 Å². The predicted octanol–water partition coefficient (Wildman–Crippen LogP) is 5.03. The fourth-order valence-electron chi connectivity index (χ4n) is 6.53. The first-order chi connectivity index (χ1) is 22.7. The van der Waals surface area contributed by atoms with Crippen molar-refractivity contribution in [3.63, 3.8) is 0 Å². The predicted molar refractivity (Wildman–Crippen MR) is 180 cm³/mol. The lowest BCUT2D eigenvalue weighted by molar-refractivity contribution is -0.137. The van der Waals surface area contributed by atoms with E-state index in [1.807, 2.05) is 95.9 Å². The standard InChI is InChI=1S/C36H40N8O3/c1-4-41-19-20-43(24-31(41)45)36(2,3)21-26(22-37)35(46)42-18-8-9-27(23-42)44-30-16-17-39-34(38)32(30)33(40-44)25-12-14-29(15-13-25)47-28-10-6-5-7-11-28/h5-7,10-17,21,27H,4,8-9,18-20,23-24H2,1-3H3,(H2,38,39)/b26-21+/t27-/m1/s1. The van der Waals surface area contributed by atoms with E-state index in [-0.39, 0.29) is 30.0 Å². The van der Waals surface area contributed by atoms with Crippen LogP contribution in [0.5, 0.6) is 11.5 Å². The lowest BCUT2D eigenvalue weighted by Crippen LogP contribution is -2.56. The van der Waals surface area contributed by atoms with Gasteiger partial charge in [0.15, 0.2) is 0 Å². The number of carbonyl (C=O) groups excluding carboxylic acids is 2. The summed E-state index contributed by atoms with van der Waals surface area (Å²) in [6.07, 6.45) is 4.96. The molecule has 4 heterocycles. The molecule has 2 fully saturated rings. The van der Waals surface area contributed by atoms with Gasteiger partial charge in [-0.2, -0.15) is 10.4 Å². The van der Waals surface area contributed by atoms with Crippen molar-refractivity contribution in [2.24, 2.45) is 0 Å². The summed E-state index contributed by atoms with van der Waals surface area (Å²) >= 11 is 0. The number of nitrogen functional groups attached to an aromatic ring is 1. The Morgan fingerprint density at radius 3 is 2.53 bits per heavy atom. The number of piperidine rings is 1. The molecule has 0 radical (unpaired) electrons. The molecule has 2 aromatic carbocycles. The van der Waals surface area contributed by atoms with Gasteiger partial charge < -0.3 is 20.3 Å². The number of carbonyl (C=O) groups is 2. The largest absolute Gasteiger partial charge is 0.457 e. The van der Waals surface area contributed by atoms with E-state index in [2.05, 4.69) is 11.1 Å². The quantitative estimate of drug-likeness (QED) is 0.211. The van der Waals surface area contributed by atoms with E-state index >= 15 is 0 Å². The molecule has 2 aliphatic rings. The summed E-state index contributed by atoms with van der Waals surface area (Å²) < 4.78 is 7.93. The minimum absolute atomic E-state index is 0.0575. The van der Waals surface area contributed by atoms with Gasteiger partial charge in [-0.3, -0.25) is 19.2 Å². The molecule has 0 aliphatic carbocycles. The summed E-state index contributed by atoms with van der Waals surface area (Å²) in [4.78, 5) is 36.3. The minimum Gasteiger partial charge on any atom is -0.457 e. The molecule has 47 heavy (non-hydrogen) atoms. The van der Waals surface area contributed by atoms with Crippen LogP contribution < -0.4 is 10.5 Å². The number of likely N-dealkylation sites (N-methyl/N-ethyl adjacent to an activating group) is 1. The van der Waals surface area contributed by atoms with Crippen molar-refractivity contribution in [2.75, 3.05) is 45.0 Å². The summed E-state index contributed by atoms with van der Waals surface area (Å²) in [5.74, 6) is 1.59. The molecule has 2 saturated heterocycles. The number of pyridine rings is 1. The third-order valence-electron chi connectivity index (χ3n) is 9.15. The van der Waals surface area contributed by atoms with E-state index in [9.17, 15) is 14.9 Å². The smallest absolute Gasteiger partial charge is 0.264 e. The average molecular weight is 633 g/mol. The number of ether oxygens (including phenoxy) is 1. The number of piperazine rings is 1. The highest BCUT2D eigenvalue weighted by Gasteiger charge is 2.35. The maximum atomic E-state index is 13.8. The number of rotatable bonds is 8. The van der Waals surface area contributed by atoms with Crippen molar-refractivity contribution in [1.82, 2.24) is 29.5 Å². The van der Waals surface area contributed by atoms with Crippen LogP contribution >= 0.6 is 0 Å². The Labute approximate surface area is 274 Å². The second-order valence-corrected chi connectivity index (χ2v) is 12.6. The Morgan fingerprint density at radius 2 is 1.83 bits per heavy atom.